The summed E-state index contributed by atoms with van der Waals surface area (Å²) in [5, 5.41) is 0.874. The summed E-state index contributed by atoms with van der Waals surface area (Å²) in [5.41, 5.74) is 9.97. The third-order valence-corrected chi connectivity index (χ3v) is 6.28. The van der Waals surface area contributed by atoms with Gasteiger partial charge in [0.1, 0.15) is 18.2 Å². The lowest BCUT2D eigenvalue weighted by molar-refractivity contribution is -0.119. The molecule has 0 spiro atoms. The highest BCUT2D eigenvalue weighted by atomic mass is 32.2. The van der Waals surface area contributed by atoms with Crippen LogP contribution >= 0.6 is 0 Å². The van der Waals surface area contributed by atoms with E-state index < -0.39 is 11.0 Å². The van der Waals surface area contributed by atoms with E-state index in [0.29, 0.717) is 18.0 Å². The number of benzene rings is 2. The first kappa shape index (κ1) is 21.4. The molecular formula is C23H27N3O4S. The number of hydrogen-bond acceptors (Lipinski definition) is 4. The molecule has 2 aromatic carbocycles. The largest absolute Gasteiger partial charge is 0.497 e. The third-order valence-electron chi connectivity index (χ3n) is 5.76. The first-order chi connectivity index (χ1) is 15.0. The van der Waals surface area contributed by atoms with Crippen molar-refractivity contribution in [1.82, 2.24) is 9.29 Å². The zero-order valence-corrected chi connectivity index (χ0v) is 18.5. The van der Waals surface area contributed by atoms with Gasteiger partial charge in [0.2, 0.25) is 5.91 Å². The van der Waals surface area contributed by atoms with Crippen LogP contribution in [0.15, 0.2) is 42.5 Å². The van der Waals surface area contributed by atoms with Gasteiger partial charge in [-0.2, -0.15) is 0 Å². The van der Waals surface area contributed by atoms with E-state index in [9.17, 15) is 9.00 Å². The molecule has 1 aliphatic carbocycles. The van der Waals surface area contributed by atoms with Crippen molar-refractivity contribution in [3.63, 3.8) is 0 Å². The fourth-order valence-electron chi connectivity index (χ4n) is 4.41. The average molecular weight is 442 g/mol. The van der Waals surface area contributed by atoms with Gasteiger partial charge >= 0.3 is 0 Å². The van der Waals surface area contributed by atoms with E-state index in [2.05, 4.69) is 21.4 Å². The van der Waals surface area contributed by atoms with Gasteiger partial charge in [-0.3, -0.25) is 4.79 Å². The number of carbonyl (C=O) groups excluding carboxylic acids is 1. The molecule has 0 saturated heterocycles. The van der Waals surface area contributed by atoms with E-state index in [1.165, 1.54) is 0 Å². The van der Waals surface area contributed by atoms with Gasteiger partial charge in [0.15, 0.2) is 0 Å². The summed E-state index contributed by atoms with van der Waals surface area (Å²) in [6.45, 7) is 0.743. The quantitative estimate of drug-likeness (QED) is 0.526. The Bertz CT molecular complexity index is 1130. The molecule has 7 nitrogen and oxygen atoms in total. The fourth-order valence-corrected chi connectivity index (χ4v) is 4.64. The van der Waals surface area contributed by atoms with Crippen LogP contribution in [0.2, 0.25) is 0 Å². The Morgan fingerprint density at radius 2 is 2.06 bits per heavy atom. The Morgan fingerprint density at radius 1 is 1.29 bits per heavy atom. The lowest BCUT2D eigenvalue weighted by Gasteiger charge is -2.22. The molecule has 4 rings (SSSR count). The second-order valence-electron chi connectivity index (χ2n) is 7.69. The van der Waals surface area contributed by atoms with Gasteiger partial charge in [0.05, 0.1) is 29.5 Å². The van der Waals surface area contributed by atoms with E-state index in [1.807, 2.05) is 30.3 Å². The first-order valence-electron chi connectivity index (χ1n) is 10.3. The molecule has 0 bridgehead atoms. The number of hydrogen-bond donors (Lipinski definition) is 2. The Balaban J connectivity index is 1.93. The predicted octanol–water partition coefficient (Wildman–Crippen LogP) is 2.82. The summed E-state index contributed by atoms with van der Waals surface area (Å²) < 4.78 is 28.0. The summed E-state index contributed by atoms with van der Waals surface area (Å²) in [6, 6.07) is 14.0. The number of aromatic nitrogens is 1. The minimum absolute atomic E-state index is 0.0747. The maximum absolute atomic E-state index is 12.4. The second kappa shape index (κ2) is 9.11. The van der Waals surface area contributed by atoms with Crippen LogP contribution in [-0.4, -0.2) is 34.8 Å². The molecule has 0 saturated carbocycles. The van der Waals surface area contributed by atoms with Crippen molar-refractivity contribution in [2.45, 2.75) is 31.7 Å². The molecule has 3 aromatic rings. The summed E-state index contributed by atoms with van der Waals surface area (Å²) in [5.74, 6) is 0.546. The lowest BCUT2D eigenvalue weighted by Crippen LogP contribution is -2.25. The van der Waals surface area contributed by atoms with Crippen LogP contribution in [0.25, 0.3) is 10.9 Å². The van der Waals surface area contributed by atoms with Crippen LogP contribution in [0.3, 0.4) is 0 Å². The van der Waals surface area contributed by atoms with Crippen molar-refractivity contribution < 1.29 is 18.5 Å². The van der Waals surface area contributed by atoms with Gasteiger partial charge in [0.25, 0.3) is 0 Å². The molecule has 1 amide bonds. The van der Waals surface area contributed by atoms with E-state index >= 15 is 0 Å². The molecule has 1 aliphatic rings. The number of methoxy groups -OCH3 is 1. The summed E-state index contributed by atoms with van der Waals surface area (Å²) in [6.07, 6.45) is 4.02. The molecule has 164 valence electrons. The number of nitrogens with one attached hydrogen (secondary N) is 1. The number of amides is 1. The monoisotopic (exact) mass is 441 g/mol. The van der Waals surface area contributed by atoms with Crippen molar-refractivity contribution in [2.75, 3.05) is 20.1 Å². The highest BCUT2D eigenvalue weighted by Crippen LogP contribution is 2.45. The number of carbonyl (C=O) groups is 1. The van der Waals surface area contributed by atoms with Crippen LogP contribution < -0.4 is 19.9 Å². The molecule has 1 aromatic heterocycles. The molecule has 0 fully saturated rings. The van der Waals surface area contributed by atoms with Crippen LogP contribution in [0.1, 0.15) is 35.6 Å². The van der Waals surface area contributed by atoms with Gasteiger partial charge in [-0.15, -0.1) is 0 Å². The standard InChI is InChI=1S/C23H27N3O4S/c1-29-16-11-19-22(20(12-16)30-14-25-31(2)28)21-17(23(24)27)9-6-10-18(21)26(19)13-15-7-4-3-5-8-15/h3-5,7-8,11-12,17,25H,6,9-10,13-14H2,1-2H3,(H2,24,27). The third kappa shape index (κ3) is 4.31. The fraction of sp³-hybridized carbons (Fsp3) is 0.348. The maximum Gasteiger partial charge on any atom is 0.225 e. The zero-order valence-electron chi connectivity index (χ0n) is 17.7. The summed E-state index contributed by atoms with van der Waals surface area (Å²) in [7, 11) is 0.409. The Morgan fingerprint density at radius 3 is 2.74 bits per heavy atom. The van der Waals surface area contributed by atoms with Gasteiger partial charge in [-0.25, -0.2) is 8.93 Å². The van der Waals surface area contributed by atoms with E-state index in [4.69, 9.17) is 15.2 Å². The minimum atomic E-state index is -1.20. The minimum Gasteiger partial charge on any atom is -0.497 e. The first-order valence-corrected chi connectivity index (χ1v) is 11.8. The molecule has 0 radical (unpaired) electrons. The molecule has 3 N–H and O–H groups in total. The number of nitrogens with two attached hydrogens (primary N) is 1. The number of rotatable bonds is 8. The van der Waals surface area contributed by atoms with Crippen molar-refractivity contribution in [1.29, 1.82) is 0 Å². The maximum atomic E-state index is 12.4. The number of ether oxygens (including phenoxy) is 2. The zero-order chi connectivity index (χ0) is 22.0. The number of nitrogens with zero attached hydrogens (tertiary/aromatic N) is 1. The number of primary amides is 1. The van der Waals surface area contributed by atoms with Crippen molar-refractivity contribution in [2.24, 2.45) is 5.73 Å². The lowest BCUT2D eigenvalue weighted by atomic mass is 9.84. The second-order valence-corrected chi connectivity index (χ2v) is 8.88. The molecule has 2 unspecified atom stereocenters. The molecule has 1 heterocycles. The van der Waals surface area contributed by atoms with E-state index in [0.717, 1.165) is 47.0 Å². The molecule has 31 heavy (non-hydrogen) atoms. The van der Waals surface area contributed by atoms with Crippen molar-refractivity contribution in [3.05, 3.63) is 59.3 Å². The van der Waals surface area contributed by atoms with E-state index in [-0.39, 0.29) is 18.6 Å². The average Bonchev–Trinajstić information content (AvgIpc) is 3.07. The van der Waals surface area contributed by atoms with Crippen molar-refractivity contribution in [3.8, 4) is 11.5 Å². The summed E-state index contributed by atoms with van der Waals surface area (Å²) in [4.78, 5) is 12.4. The Kier molecular flexibility index (Phi) is 6.29. The molecule has 2 atom stereocenters. The van der Waals surface area contributed by atoms with Gasteiger partial charge in [-0.05, 0) is 30.4 Å². The SMILES string of the molecule is COc1cc(OCNS(C)=O)c2c3c(n(Cc4ccccc4)c2c1)CCCC3C(N)=O. The topological polar surface area (TPSA) is 95.6 Å². The van der Waals surface area contributed by atoms with E-state index in [1.54, 1.807) is 13.4 Å². The smallest absolute Gasteiger partial charge is 0.225 e. The number of fused-ring (bicyclic) bond motifs is 3. The Labute approximate surface area is 184 Å². The predicted molar refractivity (Wildman–Crippen MR) is 122 cm³/mol. The van der Waals surface area contributed by atoms with Gasteiger partial charge in [-0.1, -0.05) is 30.3 Å². The van der Waals surface area contributed by atoms with Crippen LogP contribution in [0.4, 0.5) is 0 Å². The molecular weight excluding hydrogens is 414 g/mol. The highest BCUT2D eigenvalue weighted by molar-refractivity contribution is 7.82. The van der Waals surface area contributed by atoms with Crippen LogP contribution in [0.5, 0.6) is 11.5 Å². The molecule has 0 aliphatic heterocycles. The van der Waals surface area contributed by atoms with Gasteiger partial charge < -0.3 is 19.8 Å². The highest BCUT2D eigenvalue weighted by Gasteiger charge is 2.32. The molecule has 8 heteroatoms. The van der Waals surface area contributed by atoms with Crippen LogP contribution in [0, 0.1) is 0 Å². The van der Waals surface area contributed by atoms with Crippen LogP contribution in [-0.2, 0) is 28.7 Å². The summed E-state index contributed by atoms with van der Waals surface area (Å²) >= 11 is 0. The Hall–Kier alpha value is -2.84. The van der Waals surface area contributed by atoms with Gasteiger partial charge in [0, 0.05) is 36.0 Å². The van der Waals surface area contributed by atoms with Crippen molar-refractivity contribution >= 4 is 27.8 Å². The normalized spacial score (nSPS) is 16.6.